The third-order valence-electron chi connectivity index (χ3n) is 5.08. The van der Waals surface area contributed by atoms with Crippen molar-refractivity contribution in [2.24, 2.45) is 4.99 Å². The molecule has 1 saturated heterocycles. The van der Waals surface area contributed by atoms with E-state index in [9.17, 15) is 4.79 Å². The van der Waals surface area contributed by atoms with Crippen LogP contribution in [0.25, 0.3) is 10.9 Å². The highest BCUT2D eigenvalue weighted by atomic mass is 16.2. The quantitative estimate of drug-likeness (QED) is 0.399. The number of aromatic amines is 1. The van der Waals surface area contributed by atoms with Crippen molar-refractivity contribution >= 4 is 22.8 Å². The van der Waals surface area contributed by atoms with Crippen molar-refractivity contribution in [1.29, 1.82) is 0 Å². The lowest BCUT2D eigenvalue weighted by Gasteiger charge is -2.18. The Morgan fingerprint density at radius 2 is 2.19 bits per heavy atom. The number of H-pyrrole nitrogens is 1. The molecule has 0 spiro atoms. The van der Waals surface area contributed by atoms with Crippen LogP contribution in [0.2, 0.25) is 0 Å². The first-order valence-corrected chi connectivity index (χ1v) is 10.1. The highest BCUT2D eigenvalue weighted by Gasteiger charge is 2.25. The molecule has 0 radical (unpaired) electrons. The Balaban J connectivity index is 1.49. The van der Waals surface area contributed by atoms with Gasteiger partial charge in [-0.25, -0.2) is 0 Å². The number of benzene rings is 1. The zero-order valence-corrected chi connectivity index (χ0v) is 16.4. The molecule has 2 aromatic rings. The fraction of sp³-hybridized carbons (Fsp3) is 0.524. The third kappa shape index (κ3) is 5.02. The molecule has 3 rings (SSSR count). The van der Waals surface area contributed by atoms with E-state index >= 15 is 0 Å². The number of carbonyl (C=O) groups is 1. The normalized spacial score (nSPS) is 17.5. The highest BCUT2D eigenvalue weighted by Crippen LogP contribution is 2.18. The number of carbonyl (C=O) groups excluding carboxylic acids is 1. The Labute approximate surface area is 161 Å². The van der Waals surface area contributed by atoms with Gasteiger partial charge in [0.15, 0.2) is 5.96 Å². The summed E-state index contributed by atoms with van der Waals surface area (Å²) in [5.74, 6) is 1.09. The summed E-state index contributed by atoms with van der Waals surface area (Å²) in [5.41, 5.74) is 2.54. The molecular weight excluding hydrogens is 338 g/mol. The summed E-state index contributed by atoms with van der Waals surface area (Å²) in [7, 11) is 0. The summed E-state index contributed by atoms with van der Waals surface area (Å²) >= 11 is 0. The Hall–Kier alpha value is -2.50. The average Bonchev–Trinajstić information content (AvgIpc) is 3.32. The summed E-state index contributed by atoms with van der Waals surface area (Å²) in [5, 5.41) is 8.11. The molecule has 0 aliphatic carbocycles. The van der Waals surface area contributed by atoms with Gasteiger partial charge in [0.05, 0.1) is 0 Å². The number of aryl methyl sites for hydroxylation is 1. The van der Waals surface area contributed by atoms with E-state index in [0.29, 0.717) is 6.42 Å². The van der Waals surface area contributed by atoms with E-state index < -0.39 is 0 Å². The van der Waals surface area contributed by atoms with Gasteiger partial charge in [0.1, 0.15) is 0 Å². The number of likely N-dealkylation sites (tertiary alicyclic amines) is 1. The largest absolute Gasteiger partial charge is 0.361 e. The zero-order valence-electron chi connectivity index (χ0n) is 16.4. The second kappa shape index (κ2) is 9.44. The van der Waals surface area contributed by atoms with Gasteiger partial charge >= 0.3 is 0 Å². The van der Waals surface area contributed by atoms with Gasteiger partial charge in [-0.2, -0.15) is 0 Å². The number of hydrogen-bond donors (Lipinski definition) is 3. The molecule has 146 valence electrons. The highest BCUT2D eigenvalue weighted by molar-refractivity contribution is 5.83. The predicted molar refractivity (Wildman–Crippen MR) is 111 cm³/mol. The van der Waals surface area contributed by atoms with Crippen LogP contribution in [-0.4, -0.2) is 54.0 Å². The summed E-state index contributed by atoms with van der Waals surface area (Å²) in [6.45, 7) is 7.21. The molecule has 2 heterocycles. The van der Waals surface area contributed by atoms with Crippen LogP contribution in [0.15, 0.2) is 35.5 Å². The number of hydrogen-bond acceptors (Lipinski definition) is 2. The number of amides is 1. The molecule has 1 aromatic heterocycles. The maximum Gasteiger partial charge on any atom is 0.222 e. The monoisotopic (exact) mass is 369 g/mol. The van der Waals surface area contributed by atoms with Gasteiger partial charge in [0.2, 0.25) is 5.91 Å². The van der Waals surface area contributed by atoms with Crippen LogP contribution < -0.4 is 10.6 Å². The number of rotatable bonds is 7. The predicted octanol–water partition coefficient (Wildman–Crippen LogP) is 2.67. The minimum Gasteiger partial charge on any atom is -0.361 e. The molecule has 3 N–H and O–H groups in total. The van der Waals surface area contributed by atoms with Gasteiger partial charge in [0.25, 0.3) is 0 Å². The number of nitrogens with zero attached hydrogens (tertiary/aromatic N) is 2. The molecule has 1 amide bonds. The van der Waals surface area contributed by atoms with Crippen LogP contribution in [0.4, 0.5) is 0 Å². The first-order chi connectivity index (χ1) is 13.2. The van der Waals surface area contributed by atoms with Gasteiger partial charge in [-0.1, -0.05) is 25.1 Å². The van der Waals surface area contributed by atoms with Crippen molar-refractivity contribution in [2.75, 3.05) is 26.2 Å². The molecule has 6 heteroatoms. The zero-order chi connectivity index (χ0) is 19.1. The van der Waals surface area contributed by atoms with Crippen molar-refractivity contribution < 1.29 is 4.79 Å². The van der Waals surface area contributed by atoms with Gasteiger partial charge in [-0.15, -0.1) is 0 Å². The maximum absolute atomic E-state index is 11.8. The fourth-order valence-corrected chi connectivity index (χ4v) is 3.64. The molecule has 1 aromatic carbocycles. The smallest absolute Gasteiger partial charge is 0.222 e. The number of aromatic nitrogens is 1. The second-order valence-electron chi connectivity index (χ2n) is 7.05. The van der Waals surface area contributed by atoms with Crippen molar-refractivity contribution in [3.05, 3.63) is 36.0 Å². The van der Waals surface area contributed by atoms with Crippen molar-refractivity contribution in [3.8, 4) is 0 Å². The number of nitrogens with one attached hydrogen (secondary N) is 3. The molecule has 1 fully saturated rings. The third-order valence-corrected chi connectivity index (χ3v) is 5.08. The van der Waals surface area contributed by atoms with Gasteiger partial charge in [-0.05, 0) is 37.8 Å². The molecule has 1 aliphatic heterocycles. The van der Waals surface area contributed by atoms with E-state index in [1.54, 1.807) is 0 Å². The van der Waals surface area contributed by atoms with Crippen LogP contribution >= 0.6 is 0 Å². The van der Waals surface area contributed by atoms with E-state index in [4.69, 9.17) is 4.99 Å². The number of aliphatic imine (C=N–C) groups is 1. The molecule has 0 bridgehead atoms. The minimum absolute atomic E-state index is 0.236. The fourth-order valence-electron chi connectivity index (χ4n) is 3.64. The van der Waals surface area contributed by atoms with Gasteiger partial charge in [0, 0.05) is 55.7 Å². The lowest BCUT2D eigenvalue weighted by Crippen LogP contribution is -2.45. The van der Waals surface area contributed by atoms with E-state index in [1.807, 2.05) is 11.8 Å². The number of para-hydroxylation sites is 1. The summed E-state index contributed by atoms with van der Waals surface area (Å²) in [6.07, 6.45) is 5.68. The van der Waals surface area contributed by atoms with Gasteiger partial charge in [-0.3, -0.25) is 9.79 Å². The van der Waals surface area contributed by atoms with Crippen LogP contribution in [0, 0.1) is 0 Å². The molecule has 6 nitrogen and oxygen atoms in total. The molecule has 1 unspecified atom stereocenters. The molecule has 1 aliphatic rings. The maximum atomic E-state index is 11.8. The van der Waals surface area contributed by atoms with E-state index in [0.717, 1.165) is 51.4 Å². The van der Waals surface area contributed by atoms with Crippen LogP contribution in [-0.2, 0) is 11.2 Å². The average molecular weight is 370 g/mol. The summed E-state index contributed by atoms with van der Waals surface area (Å²) < 4.78 is 0. The van der Waals surface area contributed by atoms with Crippen molar-refractivity contribution in [3.63, 3.8) is 0 Å². The van der Waals surface area contributed by atoms with Gasteiger partial charge < -0.3 is 20.5 Å². The lowest BCUT2D eigenvalue weighted by atomic mass is 10.1. The number of guanidine groups is 1. The Morgan fingerprint density at radius 1 is 1.33 bits per heavy atom. The Morgan fingerprint density at radius 3 is 3.00 bits per heavy atom. The van der Waals surface area contributed by atoms with Crippen LogP contribution in [0.5, 0.6) is 0 Å². The second-order valence-corrected chi connectivity index (χ2v) is 7.05. The summed E-state index contributed by atoms with van der Waals surface area (Å²) in [6, 6.07) is 8.70. The SMILES string of the molecule is CCNC(=NCCCc1c[nH]c2ccccc12)NC1CCN(C(=O)CC)C1. The molecule has 0 saturated carbocycles. The lowest BCUT2D eigenvalue weighted by molar-refractivity contribution is -0.129. The van der Waals surface area contributed by atoms with E-state index in [1.165, 1.54) is 16.5 Å². The van der Waals surface area contributed by atoms with Crippen LogP contribution in [0.1, 0.15) is 38.7 Å². The van der Waals surface area contributed by atoms with E-state index in [2.05, 4.69) is 53.0 Å². The van der Waals surface area contributed by atoms with Crippen molar-refractivity contribution in [1.82, 2.24) is 20.5 Å². The minimum atomic E-state index is 0.236. The molecule has 27 heavy (non-hydrogen) atoms. The standard InChI is InChI=1S/C21H31N5O/c1-3-20(27)26-13-11-17(15-26)25-21(22-4-2)23-12-7-8-16-14-24-19-10-6-5-9-18(16)19/h5-6,9-10,14,17,24H,3-4,7-8,11-13,15H2,1-2H3,(H2,22,23,25). The Kier molecular flexibility index (Phi) is 6.74. The molecular formula is C21H31N5O. The topological polar surface area (TPSA) is 72.5 Å². The van der Waals surface area contributed by atoms with Crippen molar-refractivity contribution in [2.45, 2.75) is 45.6 Å². The van der Waals surface area contributed by atoms with E-state index in [-0.39, 0.29) is 11.9 Å². The first-order valence-electron chi connectivity index (χ1n) is 10.1. The summed E-state index contributed by atoms with van der Waals surface area (Å²) in [4.78, 5) is 21.8. The first kappa shape index (κ1) is 19.3. The molecule has 1 atom stereocenters. The van der Waals surface area contributed by atoms with Crippen LogP contribution in [0.3, 0.4) is 0 Å². The number of fused-ring (bicyclic) bond motifs is 1. The Bertz CT molecular complexity index is 782.